The van der Waals surface area contributed by atoms with Crippen LogP contribution in [0.4, 0.5) is 11.5 Å². The van der Waals surface area contributed by atoms with Gasteiger partial charge in [-0.05, 0) is 18.8 Å². The van der Waals surface area contributed by atoms with E-state index in [9.17, 15) is 14.9 Å². The van der Waals surface area contributed by atoms with Gasteiger partial charge in [-0.3, -0.25) is 4.79 Å². The Bertz CT molecular complexity index is 692. The second kappa shape index (κ2) is 6.35. The van der Waals surface area contributed by atoms with Crippen LogP contribution in [0.1, 0.15) is 18.7 Å². The molecule has 2 rings (SSSR count). The molecule has 0 saturated heterocycles. The molecule has 0 fully saturated rings. The minimum absolute atomic E-state index is 0.274. The molecule has 0 aliphatic carbocycles. The molecule has 0 aliphatic heterocycles. The van der Waals surface area contributed by atoms with Crippen LogP contribution in [0.2, 0.25) is 0 Å². The Hall–Kier alpha value is -2.75. The number of carbonyl (C=O) groups is 1. The van der Waals surface area contributed by atoms with Crippen molar-refractivity contribution in [3.63, 3.8) is 0 Å². The molecule has 10 heteroatoms. The van der Waals surface area contributed by atoms with Gasteiger partial charge in [-0.15, -0.1) is 0 Å². The number of nitrogens with zero attached hydrogens (tertiary/aromatic N) is 5. The predicted octanol–water partition coefficient (Wildman–Crippen LogP) is 1.10. The maximum Gasteiger partial charge on any atom is 0.390 e. The van der Waals surface area contributed by atoms with Crippen LogP contribution in [0.5, 0.6) is 0 Å². The van der Waals surface area contributed by atoms with Crippen molar-refractivity contribution >= 4 is 17.4 Å². The van der Waals surface area contributed by atoms with E-state index in [0.717, 1.165) is 0 Å². The van der Waals surface area contributed by atoms with E-state index in [4.69, 9.17) is 4.74 Å². The number of hydrogen-bond acceptors (Lipinski definition) is 6. The monoisotopic (exact) mass is 308 g/mol. The van der Waals surface area contributed by atoms with Crippen LogP contribution in [0.15, 0.2) is 18.5 Å². The molecule has 0 spiro atoms. The lowest BCUT2D eigenvalue weighted by Crippen LogP contribution is -2.25. The van der Waals surface area contributed by atoms with Crippen molar-refractivity contribution in [2.45, 2.75) is 26.6 Å². The van der Waals surface area contributed by atoms with Crippen molar-refractivity contribution in [1.29, 1.82) is 0 Å². The maximum absolute atomic E-state index is 12.2. The summed E-state index contributed by atoms with van der Waals surface area (Å²) in [6.07, 6.45) is 3.11. The molecule has 2 aromatic rings. The zero-order valence-corrected chi connectivity index (χ0v) is 12.4. The molecule has 1 atom stereocenters. The van der Waals surface area contributed by atoms with E-state index in [2.05, 4.69) is 15.5 Å². The third-order valence-electron chi connectivity index (χ3n) is 3.01. The van der Waals surface area contributed by atoms with Crippen LogP contribution >= 0.6 is 0 Å². The van der Waals surface area contributed by atoms with Crippen LogP contribution < -0.4 is 5.32 Å². The fraction of sp³-hybridized carbons (Fsp3) is 0.417. The SMILES string of the molecule is COCn1cc(NC(=O)C(C)n2nc([N+](=O)[O-])cc2C)cn1. The second-order valence-electron chi connectivity index (χ2n) is 4.70. The molecule has 0 aliphatic rings. The quantitative estimate of drug-likeness (QED) is 0.630. The van der Waals surface area contributed by atoms with Gasteiger partial charge in [0.15, 0.2) is 0 Å². The van der Waals surface area contributed by atoms with E-state index >= 15 is 0 Å². The largest absolute Gasteiger partial charge is 0.390 e. The van der Waals surface area contributed by atoms with Gasteiger partial charge in [0.25, 0.3) is 5.91 Å². The zero-order valence-electron chi connectivity index (χ0n) is 12.4. The minimum Gasteiger partial charge on any atom is -0.362 e. The van der Waals surface area contributed by atoms with E-state index in [1.165, 1.54) is 28.7 Å². The topological polar surface area (TPSA) is 117 Å². The molecule has 2 heterocycles. The Kier molecular flexibility index (Phi) is 4.51. The molecule has 2 aromatic heterocycles. The lowest BCUT2D eigenvalue weighted by atomic mass is 10.3. The number of ether oxygens (including phenoxy) is 1. The van der Waals surface area contributed by atoms with E-state index in [1.54, 1.807) is 20.0 Å². The van der Waals surface area contributed by atoms with Gasteiger partial charge < -0.3 is 20.2 Å². The van der Waals surface area contributed by atoms with Crippen LogP contribution in [-0.4, -0.2) is 37.5 Å². The summed E-state index contributed by atoms with van der Waals surface area (Å²) in [5, 5.41) is 21.2. The summed E-state index contributed by atoms with van der Waals surface area (Å²) in [6.45, 7) is 3.54. The number of anilines is 1. The third-order valence-corrected chi connectivity index (χ3v) is 3.01. The van der Waals surface area contributed by atoms with Crippen LogP contribution in [0.3, 0.4) is 0 Å². The minimum atomic E-state index is -0.695. The lowest BCUT2D eigenvalue weighted by Gasteiger charge is -2.10. The summed E-state index contributed by atoms with van der Waals surface area (Å²) >= 11 is 0. The van der Waals surface area contributed by atoms with Gasteiger partial charge >= 0.3 is 5.82 Å². The van der Waals surface area contributed by atoms with Gasteiger partial charge in [-0.1, -0.05) is 0 Å². The number of methoxy groups -OCH3 is 1. The average Bonchev–Trinajstić information content (AvgIpc) is 3.05. The van der Waals surface area contributed by atoms with E-state index in [-0.39, 0.29) is 18.5 Å². The normalized spacial score (nSPS) is 12.1. The summed E-state index contributed by atoms with van der Waals surface area (Å²) in [4.78, 5) is 22.3. The number of nitro groups is 1. The summed E-state index contributed by atoms with van der Waals surface area (Å²) in [6, 6.07) is 0.625. The highest BCUT2D eigenvalue weighted by Gasteiger charge is 2.24. The van der Waals surface area contributed by atoms with E-state index in [1.807, 2.05) is 0 Å². The van der Waals surface area contributed by atoms with Crippen LogP contribution in [0, 0.1) is 17.0 Å². The summed E-state index contributed by atoms with van der Waals surface area (Å²) in [5.41, 5.74) is 1.04. The summed E-state index contributed by atoms with van der Waals surface area (Å²) in [7, 11) is 1.54. The Balaban J connectivity index is 2.09. The molecular weight excluding hydrogens is 292 g/mol. The first kappa shape index (κ1) is 15.6. The van der Waals surface area contributed by atoms with Gasteiger partial charge in [0, 0.05) is 7.11 Å². The highest BCUT2D eigenvalue weighted by Crippen LogP contribution is 2.17. The first-order chi connectivity index (χ1) is 10.4. The van der Waals surface area contributed by atoms with E-state index in [0.29, 0.717) is 11.4 Å². The summed E-state index contributed by atoms with van der Waals surface area (Å²) < 4.78 is 7.74. The number of rotatable bonds is 6. The molecule has 1 N–H and O–H groups in total. The highest BCUT2D eigenvalue weighted by atomic mass is 16.6. The molecule has 0 bridgehead atoms. The Morgan fingerprint density at radius 2 is 2.32 bits per heavy atom. The van der Waals surface area contributed by atoms with Crippen molar-refractivity contribution in [3.05, 3.63) is 34.3 Å². The smallest absolute Gasteiger partial charge is 0.362 e. The average molecular weight is 308 g/mol. The third kappa shape index (κ3) is 3.28. The van der Waals surface area contributed by atoms with Gasteiger partial charge in [0.1, 0.15) is 12.8 Å². The number of hydrogen-bond donors (Lipinski definition) is 1. The number of amides is 1. The number of carbonyl (C=O) groups excluding carboxylic acids is 1. The Morgan fingerprint density at radius 1 is 1.59 bits per heavy atom. The van der Waals surface area contributed by atoms with Gasteiger partial charge in [-0.25, -0.2) is 4.68 Å². The predicted molar refractivity (Wildman–Crippen MR) is 76.2 cm³/mol. The fourth-order valence-electron chi connectivity index (χ4n) is 1.94. The van der Waals surface area contributed by atoms with Crippen molar-refractivity contribution in [2.24, 2.45) is 0 Å². The fourth-order valence-corrected chi connectivity index (χ4v) is 1.94. The van der Waals surface area contributed by atoms with Crippen molar-refractivity contribution in [1.82, 2.24) is 19.6 Å². The second-order valence-corrected chi connectivity index (χ2v) is 4.70. The Morgan fingerprint density at radius 3 is 2.91 bits per heavy atom. The molecular formula is C12H16N6O4. The summed E-state index contributed by atoms with van der Waals surface area (Å²) in [5.74, 6) is -0.636. The van der Waals surface area contributed by atoms with E-state index < -0.39 is 11.0 Å². The van der Waals surface area contributed by atoms with Crippen LogP contribution in [-0.2, 0) is 16.3 Å². The van der Waals surface area contributed by atoms with Crippen molar-refractivity contribution < 1.29 is 14.5 Å². The number of aryl methyl sites for hydroxylation is 1. The van der Waals surface area contributed by atoms with Crippen LogP contribution in [0.25, 0.3) is 0 Å². The van der Waals surface area contributed by atoms with Gasteiger partial charge in [-0.2, -0.15) is 9.78 Å². The van der Waals surface area contributed by atoms with Gasteiger partial charge in [0.05, 0.1) is 34.9 Å². The highest BCUT2D eigenvalue weighted by molar-refractivity contribution is 5.93. The molecule has 22 heavy (non-hydrogen) atoms. The number of aromatic nitrogens is 4. The first-order valence-corrected chi connectivity index (χ1v) is 6.45. The Labute approximate surface area is 125 Å². The molecule has 0 saturated carbocycles. The first-order valence-electron chi connectivity index (χ1n) is 6.45. The van der Waals surface area contributed by atoms with Gasteiger partial charge in [0.2, 0.25) is 0 Å². The zero-order chi connectivity index (χ0) is 16.3. The lowest BCUT2D eigenvalue weighted by molar-refractivity contribution is -0.389. The van der Waals surface area contributed by atoms with Crippen molar-refractivity contribution in [3.8, 4) is 0 Å². The van der Waals surface area contributed by atoms with Crippen molar-refractivity contribution in [2.75, 3.05) is 12.4 Å². The standard InChI is InChI=1S/C12H16N6O4/c1-8-4-11(18(20)21)15-17(8)9(2)12(19)14-10-5-13-16(6-10)7-22-3/h4-6,9H,7H2,1-3H3,(H,14,19). The number of nitrogens with one attached hydrogen (secondary N) is 1. The molecule has 118 valence electrons. The molecule has 10 nitrogen and oxygen atoms in total. The molecule has 1 unspecified atom stereocenters. The molecule has 0 aromatic carbocycles. The maximum atomic E-state index is 12.2. The molecule has 0 radical (unpaired) electrons. The molecule has 1 amide bonds.